The third-order valence-corrected chi connectivity index (χ3v) is 5.47. The summed E-state index contributed by atoms with van der Waals surface area (Å²) >= 11 is 0. The van der Waals surface area contributed by atoms with Crippen LogP contribution in [-0.4, -0.2) is 54.3 Å². The van der Waals surface area contributed by atoms with Crippen LogP contribution in [0.25, 0.3) is 0 Å². The van der Waals surface area contributed by atoms with E-state index in [9.17, 15) is 9.59 Å². The highest BCUT2D eigenvalue weighted by molar-refractivity contribution is 5.82. The lowest BCUT2D eigenvalue weighted by atomic mass is 9.91. The van der Waals surface area contributed by atoms with Gasteiger partial charge in [0.25, 0.3) is 0 Å². The fraction of sp³-hybridized carbons (Fsp3) is 0.364. The monoisotopic (exact) mass is 363 g/mol. The van der Waals surface area contributed by atoms with Crippen LogP contribution < -0.4 is 5.32 Å². The quantitative estimate of drug-likeness (QED) is 0.881. The zero-order chi connectivity index (χ0) is 18.6. The Morgan fingerprint density at radius 3 is 2.70 bits per heavy atom. The zero-order valence-electron chi connectivity index (χ0n) is 15.4. The molecule has 2 aliphatic heterocycles. The maximum Gasteiger partial charge on any atom is 0.237 e. The van der Waals surface area contributed by atoms with Gasteiger partial charge in [-0.25, -0.2) is 0 Å². The molecule has 0 aliphatic carbocycles. The highest BCUT2D eigenvalue weighted by atomic mass is 16.2. The minimum Gasteiger partial charge on any atom is -0.355 e. The summed E-state index contributed by atoms with van der Waals surface area (Å²) in [7, 11) is 0. The molecule has 0 radical (unpaired) electrons. The third-order valence-electron chi connectivity index (χ3n) is 5.47. The van der Waals surface area contributed by atoms with Crippen molar-refractivity contribution in [3.8, 4) is 0 Å². The third kappa shape index (κ3) is 4.03. The maximum atomic E-state index is 12.6. The first-order chi connectivity index (χ1) is 13.2. The SMILES string of the molecule is O=C(CN1CC(=O)N2CCc3ccccc3C2C1)NCCc1ccccc1. The lowest BCUT2D eigenvalue weighted by Gasteiger charge is -2.44. The standard InChI is InChI=1S/C22H25N3O2/c26-21(23-12-10-17-6-2-1-3-7-17)15-24-14-20-19-9-5-4-8-18(19)11-13-25(20)22(27)16-24/h1-9,20H,10-16H2,(H,23,26). The molecule has 0 aromatic heterocycles. The molecule has 27 heavy (non-hydrogen) atoms. The van der Waals surface area contributed by atoms with Crippen molar-refractivity contribution in [3.05, 3.63) is 71.3 Å². The number of hydrogen-bond acceptors (Lipinski definition) is 3. The molecule has 2 aliphatic rings. The van der Waals surface area contributed by atoms with Gasteiger partial charge in [-0.1, -0.05) is 54.6 Å². The molecule has 4 rings (SSSR count). The Morgan fingerprint density at radius 2 is 1.85 bits per heavy atom. The average Bonchev–Trinajstić information content (AvgIpc) is 2.69. The van der Waals surface area contributed by atoms with Gasteiger partial charge in [-0.15, -0.1) is 0 Å². The number of benzene rings is 2. The summed E-state index contributed by atoms with van der Waals surface area (Å²) in [6, 6.07) is 18.5. The normalized spacial score (nSPS) is 19.3. The average molecular weight is 363 g/mol. The van der Waals surface area contributed by atoms with Crippen LogP contribution in [0.4, 0.5) is 0 Å². The van der Waals surface area contributed by atoms with Crippen LogP contribution in [0.1, 0.15) is 22.7 Å². The molecule has 140 valence electrons. The molecule has 1 N–H and O–H groups in total. The van der Waals surface area contributed by atoms with E-state index in [1.807, 2.05) is 34.1 Å². The number of rotatable bonds is 5. The minimum atomic E-state index is -0.0173. The Morgan fingerprint density at radius 1 is 1.07 bits per heavy atom. The second kappa shape index (κ2) is 7.92. The summed E-state index contributed by atoms with van der Waals surface area (Å²) in [5.74, 6) is 0.106. The van der Waals surface area contributed by atoms with Crippen molar-refractivity contribution in [1.29, 1.82) is 0 Å². The Kier molecular flexibility index (Phi) is 5.21. The molecule has 5 heteroatoms. The highest BCUT2D eigenvalue weighted by Gasteiger charge is 2.37. The van der Waals surface area contributed by atoms with Crippen LogP contribution >= 0.6 is 0 Å². The number of amides is 2. The van der Waals surface area contributed by atoms with E-state index in [0.29, 0.717) is 13.1 Å². The molecule has 0 spiro atoms. The molecule has 2 amide bonds. The Bertz CT molecular complexity index is 821. The molecule has 1 unspecified atom stereocenters. The summed E-state index contributed by atoms with van der Waals surface area (Å²) in [4.78, 5) is 28.9. The molecular weight excluding hydrogens is 338 g/mol. The Labute approximate surface area is 160 Å². The number of hydrogen-bond donors (Lipinski definition) is 1. The van der Waals surface area contributed by atoms with E-state index >= 15 is 0 Å². The molecule has 0 bridgehead atoms. The molecular formula is C22H25N3O2. The smallest absolute Gasteiger partial charge is 0.237 e. The minimum absolute atomic E-state index is 0.0173. The van der Waals surface area contributed by atoms with Crippen molar-refractivity contribution < 1.29 is 9.59 Å². The lowest BCUT2D eigenvalue weighted by molar-refractivity contribution is -0.141. The second-order valence-electron chi connectivity index (χ2n) is 7.31. The molecule has 0 saturated carbocycles. The summed E-state index contributed by atoms with van der Waals surface area (Å²) < 4.78 is 0. The number of nitrogens with one attached hydrogen (secondary N) is 1. The van der Waals surface area contributed by atoms with Crippen molar-refractivity contribution in [1.82, 2.24) is 15.1 Å². The van der Waals surface area contributed by atoms with Crippen molar-refractivity contribution >= 4 is 11.8 Å². The van der Waals surface area contributed by atoms with Crippen molar-refractivity contribution in [2.75, 3.05) is 32.7 Å². The largest absolute Gasteiger partial charge is 0.355 e. The van der Waals surface area contributed by atoms with Crippen LogP contribution in [0.5, 0.6) is 0 Å². The van der Waals surface area contributed by atoms with E-state index in [2.05, 4.69) is 35.6 Å². The number of carbonyl (C=O) groups excluding carboxylic acids is 2. The van der Waals surface area contributed by atoms with Gasteiger partial charge in [0.1, 0.15) is 0 Å². The summed E-state index contributed by atoms with van der Waals surface area (Å²) in [5, 5.41) is 2.98. The predicted octanol–water partition coefficient (Wildman–Crippen LogP) is 1.79. The van der Waals surface area contributed by atoms with E-state index in [-0.39, 0.29) is 24.4 Å². The van der Waals surface area contributed by atoms with Gasteiger partial charge in [0.2, 0.25) is 11.8 Å². The van der Waals surface area contributed by atoms with Crippen molar-refractivity contribution in [3.63, 3.8) is 0 Å². The maximum absolute atomic E-state index is 12.6. The molecule has 5 nitrogen and oxygen atoms in total. The van der Waals surface area contributed by atoms with E-state index in [1.165, 1.54) is 16.7 Å². The zero-order valence-corrected chi connectivity index (χ0v) is 15.4. The number of carbonyl (C=O) groups is 2. The van der Waals surface area contributed by atoms with Crippen LogP contribution in [0, 0.1) is 0 Å². The van der Waals surface area contributed by atoms with Gasteiger partial charge in [-0.3, -0.25) is 14.5 Å². The van der Waals surface area contributed by atoms with Gasteiger partial charge < -0.3 is 10.2 Å². The van der Waals surface area contributed by atoms with Gasteiger partial charge in [0, 0.05) is 19.6 Å². The Balaban J connectivity index is 1.34. The van der Waals surface area contributed by atoms with Gasteiger partial charge >= 0.3 is 0 Å². The van der Waals surface area contributed by atoms with Gasteiger partial charge in [0.15, 0.2) is 0 Å². The lowest BCUT2D eigenvalue weighted by Crippen LogP contribution is -2.55. The molecule has 2 aromatic rings. The van der Waals surface area contributed by atoms with Gasteiger partial charge in [-0.2, -0.15) is 0 Å². The van der Waals surface area contributed by atoms with Gasteiger partial charge in [0.05, 0.1) is 19.1 Å². The van der Waals surface area contributed by atoms with Crippen LogP contribution in [0.15, 0.2) is 54.6 Å². The molecule has 1 fully saturated rings. The topological polar surface area (TPSA) is 52.7 Å². The van der Waals surface area contributed by atoms with Crippen LogP contribution in [-0.2, 0) is 22.4 Å². The molecule has 1 atom stereocenters. The number of piperazine rings is 1. The van der Waals surface area contributed by atoms with Crippen molar-refractivity contribution in [2.45, 2.75) is 18.9 Å². The summed E-state index contributed by atoms with van der Waals surface area (Å²) in [5.41, 5.74) is 3.76. The van der Waals surface area contributed by atoms with E-state index in [4.69, 9.17) is 0 Å². The van der Waals surface area contributed by atoms with Crippen LogP contribution in [0.3, 0.4) is 0 Å². The first kappa shape index (κ1) is 17.7. The fourth-order valence-electron chi connectivity index (χ4n) is 4.11. The molecule has 2 aromatic carbocycles. The molecule has 2 heterocycles. The Hall–Kier alpha value is -2.66. The van der Waals surface area contributed by atoms with Crippen molar-refractivity contribution in [2.24, 2.45) is 0 Å². The van der Waals surface area contributed by atoms with E-state index < -0.39 is 0 Å². The summed E-state index contributed by atoms with van der Waals surface area (Å²) in [6.45, 7) is 2.70. The predicted molar refractivity (Wildman–Crippen MR) is 104 cm³/mol. The fourth-order valence-corrected chi connectivity index (χ4v) is 4.11. The second-order valence-corrected chi connectivity index (χ2v) is 7.31. The van der Waals surface area contributed by atoms with Gasteiger partial charge in [-0.05, 0) is 29.5 Å². The highest BCUT2D eigenvalue weighted by Crippen LogP contribution is 2.32. The van der Waals surface area contributed by atoms with E-state index in [0.717, 1.165) is 25.9 Å². The summed E-state index contributed by atoms with van der Waals surface area (Å²) in [6.07, 6.45) is 1.73. The first-order valence-electron chi connectivity index (χ1n) is 9.61. The van der Waals surface area contributed by atoms with E-state index in [1.54, 1.807) is 0 Å². The number of fused-ring (bicyclic) bond motifs is 3. The number of nitrogens with zero attached hydrogens (tertiary/aromatic N) is 2. The van der Waals surface area contributed by atoms with Crippen LogP contribution in [0.2, 0.25) is 0 Å². The first-order valence-corrected chi connectivity index (χ1v) is 9.61. The molecule has 1 saturated heterocycles.